The molecule has 0 radical (unpaired) electrons. The number of hydrogen-bond donors (Lipinski definition) is 1. The van der Waals surface area contributed by atoms with E-state index < -0.39 is 5.97 Å². The topological polar surface area (TPSA) is 37.3 Å². The van der Waals surface area contributed by atoms with Gasteiger partial charge in [-0.15, -0.1) is 0 Å². The summed E-state index contributed by atoms with van der Waals surface area (Å²) in [7, 11) is 0. The molecular formula is C15H20O2. The van der Waals surface area contributed by atoms with Gasteiger partial charge in [0.1, 0.15) is 0 Å². The molecule has 0 unspecified atom stereocenters. The van der Waals surface area contributed by atoms with Crippen LogP contribution in [0.4, 0.5) is 0 Å². The Morgan fingerprint density at radius 3 is 2.47 bits per heavy atom. The number of rotatable bonds is 3. The molecule has 1 saturated carbocycles. The van der Waals surface area contributed by atoms with Crippen LogP contribution in [-0.2, 0) is 4.79 Å². The van der Waals surface area contributed by atoms with E-state index in [0.717, 1.165) is 0 Å². The number of aliphatic carboxylic acids is 1. The lowest BCUT2D eigenvalue weighted by Gasteiger charge is -2.08. The molecule has 17 heavy (non-hydrogen) atoms. The van der Waals surface area contributed by atoms with Gasteiger partial charge in [-0.3, -0.25) is 4.79 Å². The van der Waals surface area contributed by atoms with E-state index in [2.05, 4.69) is 32.0 Å². The van der Waals surface area contributed by atoms with Crippen molar-refractivity contribution in [3.63, 3.8) is 0 Å². The second-order valence-electron chi connectivity index (χ2n) is 5.94. The predicted molar refractivity (Wildman–Crippen MR) is 68.2 cm³/mol. The van der Waals surface area contributed by atoms with Crippen LogP contribution in [-0.4, -0.2) is 11.1 Å². The third kappa shape index (κ3) is 1.97. The minimum Gasteiger partial charge on any atom is -0.481 e. The highest BCUT2D eigenvalue weighted by molar-refractivity contribution is 5.77. The minimum atomic E-state index is -0.671. The van der Waals surface area contributed by atoms with Crippen LogP contribution >= 0.6 is 0 Å². The summed E-state index contributed by atoms with van der Waals surface area (Å²) in [6, 6.07) is 8.37. The Kier molecular flexibility index (Phi) is 2.76. The van der Waals surface area contributed by atoms with Crippen LogP contribution in [0.2, 0.25) is 0 Å². The van der Waals surface area contributed by atoms with Gasteiger partial charge in [0.25, 0.3) is 0 Å². The van der Waals surface area contributed by atoms with Gasteiger partial charge in [-0.25, -0.2) is 0 Å². The van der Waals surface area contributed by atoms with Crippen LogP contribution in [0.1, 0.15) is 50.7 Å². The second-order valence-corrected chi connectivity index (χ2v) is 5.94. The van der Waals surface area contributed by atoms with Gasteiger partial charge in [-0.2, -0.15) is 0 Å². The first-order valence-corrected chi connectivity index (χ1v) is 6.18. The molecule has 2 rings (SSSR count). The smallest absolute Gasteiger partial charge is 0.307 e. The molecule has 1 aliphatic carbocycles. The monoisotopic (exact) mass is 232 g/mol. The second kappa shape index (κ2) is 3.86. The van der Waals surface area contributed by atoms with Crippen molar-refractivity contribution in [1.82, 2.24) is 0 Å². The summed E-state index contributed by atoms with van der Waals surface area (Å²) in [6.07, 6.45) is 0. The first-order valence-electron chi connectivity index (χ1n) is 6.18. The molecule has 0 saturated heterocycles. The lowest BCUT2D eigenvalue weighted by atomic mass is 9.96. The molecule has 1 fully saturated rings. The van der Waals surface area contributed by atoms with E-state index in [0.29, 0.717) is 5.92 Å². The Morgan fingerprint density at radius 1 is 1.35 bits per heavy atom. The summed E-state index contributed by atoms with van der Waals surface area (Å²) in [5.74, 6) is -0.251. The van der Waals surface area contributed by atoms with E-state index in [9.17, 15) is 9.90 Å². The number of carboxylic acids is 1. The zero-order valence-electron chi connectivity index (χ0n) is 10.9. The van der Waals surface area contributed by atoms with Crippen molar-refractivity contribution in [3.05, 3.63) is 35.4 Å². The van der Waals surface area contributed by atoms with E-state index >= 15 is 0 Å². The molecule has 2 atom stereocenters. The zero-order valence-corrected chi connectivity index (χ0v) is 10.9. The Labute approximate surface area is 103 Å². The van der Waals surface area contributed by atoms with Gasteiger partial charge in [0.05, 0.1) is 5.92 Å². The molecule has 0 aromatic heterocycles. The molecule has 0 aliphatic heterocycles. The molecule has 2 nitrogen and oxygen atoms in total. The average Bonchev–Trinajstić information content (AvgIpc) is 2.82. The Bertz CT molecular complexity index is 446. The van der Waals surface area contributed by atoms with Gasteiger partial charge >= 0.3 is 5.97 Å². The molecule has 1 aromatic rings. The normalized spacial score (nSPS) is 25.9. The van der Waals surface area contributed by atoms with E-state index in [1.165, 1.54) is 11.1 Å². The van der Waals surface area contributed by atoms with E-state index in [1.54, 1.807) is 0 Å². The number of carbonyl (C=O) groups is 1. The summed E-state index contributed by atoms with van der Waals surface area (Å²) in [4.78, 5) is 11.2. The summed E-state index contributed by atoms with van der Waals surface area (Å²) in [5, 5.41) is 9.20. The van der Waals surface area contributed by atoms with Crippen molar-refractivity contribution in [3.8, 4) is 0 Å². The molecule has 1 aliphatic rings. The number of benzene rings is 1. The fraction of sp³-hybridized carbons (Fsp3) is 0.533. The highest BCUT2D eigenvalue weighted by atomic mass is 16.4. The largest absolute Gasteiger partial charge is 0.481 e. The average molecular weight is 232 g/mol. The Morgan fingerprint density at radius 2 is 2.00 bits per heavy atom. The standard InChI is InChI=1S/C15H20O2/c1-9(2)10-6-5-7-11(8-10)12-13(14(16)17)15(12,3)4/h5-9,12-13H,1-4H3,(H,16,17)/t12-,13+/m0/s1. The van der Waals surface area contributed by atoms with Crippen molar-refractivity contribution in [1.29, 1.82) is 0 Å². The van der Waals surface area contributed by atoms with Gasteiger partial charge in [0.15, 0.2) is 0 Å². The molecule has 1 N–H and O–H groups in total. The maximum Gasteiger partial charge on any atom is 0.307 e. The molecule has 1 aromatic carbocycles. The molecule has 0 spiro atoms. The van der Waals surface area contributed by atoms with Crippen molar-refractivity contribution in [2.45, 2.75) is 39.5 Å². The van der Waals surface area contributed by atoms with Crippen LogP contribution in [0, 0.1) is 11.3 Å². The third-order valence-corrected chi connectivity index (χ3v) is 4.03. The molecule has 0 heterocycles. The first-order chi connectivity index (χ1) is 7.85. The predicted octanol–water partition coefficient (Wildman–Crippen LogP) is 3.63. The maximum atomic E-state index is 11.2. The van der Waals surface area contributed by atoms with Gasteiger partial charge in [0, 0.05) is 5.92 Å². The van der Waals surface area contributed by atoms with Crippen LogP contribution in [0.5, 0.6) is 0 Å². The molecule has 92 valence electrons. The zero-order chi connectivity index (χ0) is 12.8. The van der Waals surface area contributed by atoms with E-state index in [1.807, 2.05) is 19.9 Å². The van der Waals surface area contributed by atoms with Crippen LogP contribution < -0.4 is 0 Å². The van der Waals surface area contributed by atoms with Crippen molar-refractivity contribution in [2.75, 3.05) is 0 Å². The Hall–Kier alpha value is -1.31. The highest BCUT2D eigenvalue weighted by Gasteiger charge is 2.62. The van der Waals surface area contributed by atoms with Crippen LogP contribution in [0.25, 0.3) is 0 Å². The van der Waals surface area contributed by atoms with Crippen molar-refractivity contribution >= 4 is 5.97 Å². The van der Waals surface area contributed by atoms with E-state index in [4.69, 9.17) is 0 Å². The minimum absolute atomic E-state index is 0.110. The van der Waals surface area contributed by atoms with Crippen LogP contribution in [0.15, 0.2) is 24.3 Å². The summed E-state index contributed by atoms with van der Waals surface area (Å²) in [6.45, 7) is 8.40. The Balaban J connectivity index is 2.31. The SMILES string of the molecule is CC(C)c1cccc([C@H]2[C@H](C(=O)O)C2(C)C)c1. The maximum absolute atomic E-state index is 11.2. The fourth-order valence-electron chi connectivity index (χ4n) is 2.83. The molecule has 0 bridgehead atoms. The van der Waals surface area contributed by atoms with Crippen LogP contribution in [0.3, 0.4) is 0 Å². The lowest BCUT2D eigenvalue weighted by Crippen LogP contribution is -2.03. The quantitative estimate of drug-likeness (QED) is 0.864. The van der Waals surface area contributed by atoms with Gasteiger partial charge in [-0.05, 0) is 22.5 Å². The highest BCUT2D eigenvalue weighted by Crippen LogP contribution is 2.64. The number of carboxylic acid groups (broad SMARTS) is 1. The third-order valence-electron chi connectivity index (χ3n) is 4.03. The molecule has 0 amide bonds. The summed E-state index contributed by atoms with van der Waals surface area (Å²) < 4.78 is 0. The van der Waals surface area contributed by atoms with Gasteiger partial charge in [0.2, 0.25) is 0 Å². The van der Waals surface area contributed by atoms with E-state index in [-0.39, 0.29) is 17.3 Å². The number of hydrogen-bond acceptors (Lipinski definition) is 1. The lowest BCUT2D eigenvalue weighted by molar-refractivity contribution is -0.139. The van der Waals surface area contributed by atoms with Gasteiger partial charge in [-0.1, -0.05) is 52.0 Å². The van der Waals surface area contributed by atoms with Crippen molar-refractivity contribution < 1.29 is 9.90 Å². The molecular weight excluding hydrogens is 212 g/mol. The fourth-order valence-corrected chi connectivity index (χ4v) is 2.83. The summed E-state index contributed by atoms with van der Waals surface area (Å²) in [5.41, 5.74) is 2.35. The molecule has 2 heteroatoms. The summed E-state index contributed by atoms with van der Waals surface area (Å²) >= 11 is 0. The van der Waals surface area contributed by atoms with Gasteiger partial charge < -0.3 is 5.11 Å². The van der Waals surface area contributed by atoms with Crippen molar-refractivity contribution in [2.24, 2.45) is 11.3 Å². The first kappa shape index (κ1) is 12.2.